The van der Waals surface area contributed by atoms with E-state index in [2.05, 4.69) is 0 Å². The minimum absolute atomic E-state index is 0.00625. The highest BCUT2D eigenvalue weighted by Crippen LogP contribution is 2.39. The van der Waals surface area contributed by atoms with Crippen LogP contribution in [0, 0.1) is 5.92 Å². The lowest BCUT2D eigenvalue weighted by atomic mass is 9.99. The molecule has 1 saturated carbocycles. The fourth-order valence-corrected chi connectivity index (χ4v) is 4.29. The first-order chi connectivity index (χ1) is 16.5. The highest BCUT2D eigenvalue weighted by Gasteiger charge is 2.39. The molecule has 0 N–H and O–H groups in total. The summed E-state index contributed by atoms with van der Waals surface area (Å²) in [6.07, 6.45) is 4.21. The van der Waals surface area contributed by atoms with Crippen molar-refractivity contribution < 1.29 is 23.8 Å². The number of nitrogens with zero attached hydrogens (tertiary/aromatic N) is 4. The lowest BCUT2D eigenvalue weighted by Gasteiger charge is -2.27. The van der Waals surface area contributed by atoms with Crippen molar-refractivity contribution >= 4 is 17.5 Å². The second-order valence-corrected chi connectivity index (χ2v) is 8.64. The molecule has 1 aromatic heterocycles. The Morgan fingerprint density at radius 1 is 1.15 bits per heavy atom. The number of aromatic nitrogens is 1. The standard InChI is InChI=1S/C25H32N4O5/c1-27-11-5-6-21(27)20-15-22(19-14-18(33-3)9-10-23(19)34-4)29(26-20)24(30)16-28(12-13-32-2)25(31)17-7-8-17/h5-6,9-11,14,17,22H,7-8,12-13,15-16H2,1-4H3. The van der Waals surface area contributed by atoms with Crippen LogP contribution in [-0.4, -0.2) is 73.0 Å². The zero-order valence-electron chi connectivity index (χ0n) is 20.2. The van der Waals surface area contributed by atoms with Crippen molar-refractivity contribution in [1.29, 1.82) is 0 Å². The smallest absolute Gasteiger partial charge is 0.262 e. The number of amides is 2. The van der Waals surface area contributed by atoms with Crippen LogP contribution < -0.4 is 9.47 Å². The third-order valence-corrected chi connectivity index (χ3v) is 6.33. The SMILES string of the molecule is COCCN(CC(=O)N1N=C(c2cccn2C)CC1c1cc(OC)ccc1OC)C(=O)C1CC1. The van der Waals surface area contributed by atoms with Crippen LogP contribution in [-0.2, 0) is 21.4 Å². The summed E-state index contributed by atoms with van der Waals surface area (Å²) in [7, 11) is 6.74. The highest BCUT2D eigenvalue weighted by molar-refractivity contribution is 6.02. The number of hydrogen-bond acceptors (Lipinski definition) is 6. The first-order valence-electron chi connectivity index (χ1n) is 11.5. The van der Waals surface area contributed by atoms with E-state index in [4.69, 9.17) is 19.3 Å². The number of ether oxygens (including phenoxy) is 3. The van der Waals surface area contributed by atoms with Gasteiger partial charge >= 0.3 is 0 Å². The van der Waals surface area contributed by atoms with Crippen molar-refractivity contribution in [3.63, 3.8) is 0 Å². The van der Waals surface area contributed by atoms with E-state index in [1.165, 1.54) is 5.01 Å². The van der Waals surface area contributed by atoms with Gasteiger partial charge in [0.25, 0.3) is 5.91 Å². The Morgan fingerprint density at radius 2 is 1.94 bits per heavy atom. The number of hydrazone groups is 1. The highest BCUT2D eigenvalue weighted by atomic mass is 16.5. The molecular weight excluding hydrogens is 436 g/mol. The van der Waals surface area contributed by atoms with Crippen LogP contribution in [0.15, 0.2) is 41.6 Å². The topological polar surface area (TPSA) is 85.6 Å². The average molecular weight is 469 g/mol. The Morgan fingerprint density at radius 3 is 2.56 bits per heavy atom. The van der Waals surface area contributed by atoms with Crippen LogP contribution in [0.3, 0.4) is 0 Å². The number of aryl methyl sites for hydroxylation is 1. The van der Waals surface area contributed by atoms with Gasteiger partial charge in [0.05, 0.1) is 38.3 Å². The molecule has 1 aliphatic carbocycles. The van der Waals surface area contributed by atoms with Crippen LogP contribution in [0.1, 0.15) is 36.6 Å². The molecule has 182 valence electrons. The molecule has 0 bridgehead atoms. The predicted octanol–water partition coefficient (Wildman–Crippen LogP) is 2.61. The summed E-state index contributed by atoms with van der Waals surface area (Å²) in [5.74, 6) is 1.09. The second-order valence-electron chi connectivity index (χ2n) is 8.64. The monoisotopic (exact) mass is 468 g/mol. The van der Waals surface area contributed by atoms with Gasteiger partial charge in [0.15, 0.2) is 0 Å². The molecule has 1 aromatic carbocycles. The Hall–Kier alpha value is -3.33. The summed E-state index contributed by atoms with van der Waals surface area (Å²) in [6, 6.07) is 9.08. The van der Waals surface area contributed by atoms with Gasteiger partial charge in [0.1, 0.15) is 18.0 Å². The van der Waals surface area contributed by atoms with E-state index < -0.39 is 0 Å². The number of rotatable bonds is 10. The molecule has 0 spiro atoms. The van der Waals surface area contributed by atoms with E-state index in [9.17, 15) is 9.59 Å². The molecule has 1 fully saturated rings. The minimum Gasteiger partial charge on any atom is -0.497 e. The third kappa shape index (κ3) is 4.94. The van der Waals surface area contributed by atoms with Gasteiger partial charge in [-0.05, 0) is 43.2 Å². The molecule has 0 radical (unpaired) electrons. The Labute approximate surface area is 199 Å². The van der Waals surface area contributed by atoms with E-state index >= 15 is 0 Å². The molecule has 9 nitrogen and oxygen atoms in total. The van der Waals surface area contributed by atoms with Crippen molar-refractivity contribution in [2.45, 2.75) is 25.3 Å². The molecule has 1 unspecified atom stereocenters. The predicted molar refractivity (Wildman–Crippen MR) is 127 cm³/mol. The van der Waals surface area contributed by atoms with Gasteiger partial charge in [0, 0.05) is 44.8 Å². The Bertz CT molecular complexity index is 1080. The number of benzene rings is 1. The number of methoxy groups -OCH3 is 3. The summed E-state index contributed by atoms with van der Waals surface area (Å²) < 4.78 is 18.2. The summed E-state index contributed by atoms with van der Waals surface area (Å²) in [5, 5.41) is 6.25. The lowest BCUT2D eigenvalue weighted by Crippen LogP contribution is -2.43. The van der Waals surface area contributed by atoms with E-state index in [1.807, 2.05) is 48.1 Å². The molecule has 2 heterocycles. The molecule has 34 heavy (non-hydrogen) atoms. The molecule has 2 aromatic rings. The molecular formula is C25H32N4O5. The lowest BCUT2D eigenvalue weighted by molar-refractivity contribution is -0.142. The average Bonchev–Trinajstić information content (AvgIpc) is 3.47. The summed E-state index contributed by atoms with van der Waals surface area (Å²) in [4.78, 5) is 28.0. The Balaban J connectivity index is 1.66. The van der Waals surface area contributed by atoms with E-state index in [0.29, 0.717) is 31.1 Å². The van der Waals surface area contributed by atoms with Gasteiger partial charge in [-0.25, -0.2) is 5.01 Å². The Kier molecular flexibility index (Phi) is 7.21. The molecule has 1 aliphatic heterocycles. The summed E-state index contributed by atoms with van der Waals surface area (Å²) in [5.41, 5.74) is 2.54. The maximum Gasteiger partial charge on any atom is 0.262 e. The minimum atomic E-state index is -0.386. The molecule has 1 atom stereocenters. The normalized spacial score (nSPS) is 17.5. The van der Waals surface area contributed by atoms with Crippen LogP contribution in [0.4, 0.5) is 0 Å². The van der Waals surface area contributed by atoms with Gasteiger partial charge in [-0.15, -0.1) is 0 Å². The fraction of sp³-hybridized carbons (Fsp3) is 0.480. The molecule has 2 aliphatic rings. The van der Waals surface area contributed by atoms with Gasteiger partial charge in [0.2, 0.25) is 5.91 Å². The van der Waals surface area contributed by atoms with Crippen molar-refractivity contribution in [3.05, 3.63) is 47.8 Å². The molecule has 2 amide bonds. The number of carbonyl (C=O) groups excluding carboxylic acids is 2. The van der Waals surface area contributed by atoms with Gasteiger partial charge in [-0.3, -0.25) is 9.59 Å². The fourth-order valence-electron chi connectivity index (χ4n) is 4.29. The van der Waals surface area contributed by atoms with Crippen LogP contribution in [0.25, 0.3) is 0 Å². The zero-order chi connectivity index (χ0) is 24.2. The summed E-state index contributed by atoms with van der Waals surface area (Å²) >= 11 is 0. The number of hydrogen-bond donors (Lipinski definition) is 0. The van der Waals surface area contributed by atoms with Crippen molar-refractivity contribution in [1.82, 2.24) is 14.5 Å². The van der Waals surface area contributed by atoms with Gasteiger partial charge < -0.3 is 23.7 Å². The van der Waals surface area contributed by atoms with Crippen molar-refractivity contribution in [2.75, 3.05) is 41.0 Å². The van der Waals surface area contributed by atoms with Crippen LogP contribution >= 0.6 is 0 Å². The maximum absolute atomic E-state index is 13.6. The first-order valence-corrected chi connectivity index (χ1v) is 11.5. The van der Waals surface area contributed by atoms with Crippen LogP contribution in [0.2, 0.25) is 0 Å². The van der Waals surface area contributed by atoms with Crippen LogP contribution in [0.5, 0.6) is 11.5 Å². The second kappa shape index (κ2) is 10.3. The van der Waals surface area contributed by atoms with Gasteiger partial charge in [-0.2, -0.15) is 5.10 Å². The van der Waals surface area contributed by atoms with E-state index in [1.54, 1.807) is 26.2 Å². The van der Waals surface area contributed by atoms with Crippen molar-refractivity contribution in [2.24, 2.45) is 18.1 Å². The largest absolute Gasteiger partial charge is 0.497 e. The maximum atomic E-state index is 13.6. The van der Waals surface area contributed by atoms with E-state index in [0.717, 1.165) is 29.8 Å². The number of carbonyl (C=O) groups is 2. The first kappa shape index (κ1) is 23.8. The molecule has 0 saturated heterocycles. The van der Waals surface area contributed by atoms with E-state index in [-0.39, 0.29) is 30.3 Å². The molecule has 4 rings (SSSR count). The quantitative estimate of drug-likeness (QED) is 0.535. The van der Waals surface area contributed by atoms with Gasteiger partial charge in [-0.1, -0.05) is 0 Å². The molecule has 9 heteroatoms. The third-order valence-electron chi connectivity index (χ3n) is 6.33. The van der Waals surface area contributed by atoms with Crippen molar-refractivity contribution in [3.8, 4) is 11.5 Å². The zero-order valence-corrected chi connectivity index (χ0v) is 20.2. The summed E-state index contributed by atoms with van der Waals surface area (Å²) in [6.45, 7) is 0.690.